The highest BCUT2D eigenvalue weighted by atomic mass is 15.0. The molecular weight excluding hydrogens is 625 g/mol. The van der Waals surface area contributed by atoms with Crippen LogP contribution in [0.25, 0.3) is 77.1 Å². The predicted octanol–water partition coefficient (Wildman–Crippen LogP) is 10.4. The van der Waals surface area contributed by atoms with Crippen molar-refractivity contribution in [2.45, 2.75) is 0 Å². The Morgan fingerprint density at radius 3 is 1.96 bits per heavy atom. The molecule has 0 fully saturated rings. The van der Waals surface area contributed by atoms with E-state index in [4.69, 9.17) is 9.98 Å². The van der Waals surface area contributed by atoms with Gasteiger partial charge in [-0.25, -0.2) is 4.98 Å². The number of nitrogens with one attached hydrogen (secondary N) is 2. The summed E-state index contributed by atoms with van der Waals surface area (Å²) < 4.78 is 4.67. The first kappa shape index (κ1) is 28.9. The number of aromatic amines is 1. The summed E-state index contributed by atoms with van der Waals surface area (Å²) in [5, 5.41) is 15.1. The zero-order valence-corrected chi connectivity index (χ0v) is 27.5. The summed E-state index contributed by atoms with van der Waals surface area (Å²) in [5.74, 6) is 0.119. The number of nitrogens with zero attached hydrogens (tertiary/aromatic N) is 4. The summed E-state index contributed by atoms with van der Waals surface area (Å²) in [7, 11) is 0. The summed E-state index contributed by atoms with van der Waals surface area (Å²) in [6.07, 6.45) is 0. The van der Waals surface area contributed by atoms with E-state index in [9.17, 15) is 5.41 Å². The van der Waals surface area contributed by atoms with Crippen LogP contribution in [0.15, 0.2) is 175 Å². The van der Waals surface area contributed by atoms with Crippen molar-refractivity contribution in [1.29, 1.82) is 5.41 Å². The first-order chi connectivity index (χ1) is 25.2. The van der Waals surface area contributed by atoms with Crippen LogP contribution in [-0.4, -0.2) is 24.9 Å². The van der Waals surface area contributed by atoms with Gasteiger partial charge in [0.05, 0.1) is 39.0 Å². The second kappa shape index (κ2) is 11.5. The number of hydrogen-bond acceptors (Lipinski definition) is 2. The number of hydrogen-bond donors (Lipinski definition) is 2. The number of benzene rings is 7. The smallest absolute Gasteiger partial charge is 0.229 e. The first-order valence-corrected chi connectivity index (χ1v) is 17.0. The Bertz CT molecular complexity index is 3040. The number of amidine groups is 1. The Kier molecular flexibility index (Phi) is 6.54. The van der Waals surface area contributed by atoms with Gasteiger partial charge in [0.15, 0.2) is 5.84 Å². The van der Waals surface area contributed by atoms with Crippen LogP contribution < -0.4 is 5.62 Å². The molecule has 0 atom stereocenters. The van der Waals surface area contributed by atoms with Crippen molar-refractivity contribution in [2.75, 3.05) is 0 Å². The van der Waals surface area contributed by atoms with Crippen molar-refractivity contribution in [2.24, 2.45) is 4.99 Å². The fraction of sp³-hybridized carbons (Fsp3) is 0. The number of para-hydroxylation sites is 5. The maximum Gasteiger partial charge on any atom is 0.229 e. The molecule has 0 bridgehead atoms. The molecule has 2 N–H and O–H groups in total. The minimum Gasteiger partial charge on any atom is -0.323 e. The van der Waals surface area contributed by atoms with Crippen molar-refractivity contribution in [3.63, 3.8) is 0 Å². The lowest BCUT2D eigenvalue weighted by Crippen LogP contribution is -2.17. The minimum absolute atomic E-state index is 0.119. The molecule has 240 valence electrons. The molecule has 0 spiro atoms. The third-order valence-corrected chi connectivity index (χ3v) is 9.80. The van der Waals surface area contributed by atoms with Gasteiger partial charge in [0.2, 0.25) is 5.62 Å². The van der Waals surface area contributed by atoms with Gasteiger partial charge >= 0.3 is 0 Å². The molecule has 3 aromatic heterocycles. The van der Waals surface area contributed by atoms with Crippen LogP contribution in [0.5, 0.6) is 0 Å². The molecule has 0 radical (unpaired) electrons. The van der Waals surface area contributed by atoms with Gasteiger partial charge in [0.1, 0.15) is 0 Å². The van der Waals surface area contributed by atoms with Gasteiger partial charge in [-0.15, -0.1) is 0 Å². The maximum atomic E-state index is 9.48. The fourth-order valence-electron chi connectivity index (χ4n) is 7.63. The average Bonchev–Trinajstić information content (AvgIpc) is 3.71. The molecule has 10 rings (SSSR count). The molecule has 0 aliphatic heterocycles. The van der Waals surface area contributed by atoms with E-state index in [0.29, 0.717) is 11.2 Å². The lowest BCUT2D eigenvalue weighted by Gasteiger charge is -2.14. The number of rotatable bonds is 4. The van der Waals surface area contributed by atoms with Crippen LogP contribution in [0.2, 0.25) is 0 Å². The largest absolute Gasteiger partial charge is 0.323 e. The van der Waals surface area contributed by atoms with Crippen LogP contribution in [0.4, 0.5) is 0 Å². The molecule has 0 saturated heterocycles. The second-order valence-electron chi connectivity index (χ2n) is 12.7. The summed E-state index contributed by atoms with van der Waals surface area (Å²) >= 11 is 0. The SMILES string of the molecule is N=C(N=c1nc(-c2ccccc2)c2ccccc2[nH]1)c1ccccc1-n1c2ccccc2c2ccc3c(c4ccccc4n3-c3ccccc3)c21. The average molecular weight is 655 g/mol. The van der Waals surface area contributed by atoms with Crippen molar-refractivity contribution < 1.29 is 0 Å². The van der Waals surface area contributed by atoms with Crippen LogP contribution >= 0.6 is 0 Å². The summed E-state index contributed by atoms with van der Waals surface area (Å²) in [5.41, 5.74) is 10.2. The van der Waals surface area contributed by atoms with Crippen LogP contribution in [0.3, 0.4) is 0 Å². The van der Waals surface area contributed by atoms with Crippen molar-refractivity contribution in [1.82, 2.24) is 19.1 Å². The van der Waals surface area contributed by atoms with Gasteiger partial charge in [-0.05, 0) is 48.5 Å². The van der Waals surface area contributed by atoms with Crippen LogP contribution in [0.1, 0.15) is 5.56 Å². The van der Waals surface area contributed by atoms with Crippen LogP contribution in [-0.2, 0) is 0 Å². The normalized spacial score (nSPS) is 12.1. The Hall–Kier alpha value is -7.05. The minimum atomic E-state index is 0.119. The summed E-state index contributed by atoms with van der Waals surface area (Å²) in [6.45, 7) is 0. The monoisotopic (exact) mass is 654 g/mol. The highest BCUT2D eigenvalue weighted by molar-refractivity contribution is 6.26. The van der Waals surface area contributed by atoms with E-state index < -0.39 is 0 Å². The Morgan fingerprint density at radius 2 is 1.16 bits per heavy atom. The maximum absolute atomic E-state index is 9.48. The molecule has 7 aromatic carbocycles. The molecule has 0 aliphatic carbocycles. The Labute approximate surface area is 292 Å². The molecule has 51 heavy (non-hydrogen) atoms. The zero-order chi connectivity index (χ0) is 33.9. The molecule has 0 saturated carbocycles. The van der Waals surface area contributed by atoms with Crippen LogP contribution in [0, 0.1) is 5.41 Å². The van der Waals surface area contributed by atoms with Crippen molar-refractivity contribution in [3.05, 3.63) is 181 Å². The summed E-state index contributed by atoms with van der Waals surface area (Å²) in [6, 6.07) is 58.5. The van der Waals surface area contributed by atoms with E-state index in [1.54, 1.807) is 0 Å². The number of H-pyrrole nitrogens is 1. The quantitative estimate of drug-likeness (QED) is 0.144. The number of aromatic nitrogens is 4. The van der Waals surface area contributed by atoms with Gasteiger partial charge in [0.25, 0.3) is 0 Å². The van der Waals surface area contributed by atoms with Gasteiger partial charge in [0, 0.05) is 43.7 Å². The molecule has 6 heteroatoms. The molecule has 6 nitrogen and oxygen atoms in total. The third kappa shape index (κ3) is 4.54. The fourth-order valence-corrected chi connectivity index (χ4v) is 7.63. The van der Waals surface area contributed by atoms with Gasteiger partial charge in [-0.3, -0.25) is 5.41 Å². The van der Waals surface area contributed by atoms with Gasteiger partial charge in [-0.2, -0.15) is 4.99 Å². The molecule has 10 aromatic rings. The second-order valence-corrected chi connectivity index (χ2v) is 12.7. The predicted molar refractivity (Wildman–Crippen MR) is 209 cm³/mol. The Balaban J connectivity index is 1.25. The van der Waals surface area contributed by atoms with E-state index in [2.05, 4.69) is 129 Å². The third-order valence-electron chi connectivity index (χ3n) is 9.80. The van der Waals surface area contributed by atoms with E-state index in [-0.39, 0.29) is 5.84 Å². The molecule has 0 amide bonds. The van der Waals surface area contributed by atoms with E-state index in [0.717, 1.165) is 66.4 Å². The lowest BCUT2D eigenvalue weighted by molar-refractivity contribution is 1.05. The molecule has 0 unspecified atom stereocenters. The molecule has 0 aliphatic rings. The van der Waals surface area contributed by atoms with E-state index in [1.807, 2.05) is 54.6 Å². The standard InChI is InChI=1S/C45H30N6/c46-44(49-45-47-36-23-11-7-20-33(36)42(48-45)29-15-3-1-4-16-29)35-22-10-14-26-39(35)51-37-24-12-8-19-31(37)32-27-28-40-41(43(32)51)34-21-9-13-25-38(34)50(40)30-17-5-2-6-18-30/h1-28H,(H2,46,47,48,49). The van der Waals surface area contributed by atoms with E-state index in [1.165, 1.54) is 10.8 Å². The van der Waals surface area contributed by atoms with Gasteiger partial charge < -0.3 is 14.1 Å². The van der Waals surface area contributed by atoms with E-state index >= 15 is 0 Å². The van der Waals surface area contributed by atoms with Crippen molar-refractivity contribution >= 4 is 60.4 Å². The molecular formula is C45H30N6. The molecule has 3 heterocycles. The lowest BCUT2D eigenvalue weighted by atomic mass is 10.1. The van der Waals surface area contributed by atoms with Gasteiger partial charge in [-0.1, -0.05) is 121 Å². The first-order valence-electron chi connectivity index (χ1n) is 17.0. The Morgan fingerprint density at radius 1 is 0.529 bits per heavy atom. The van der Waals surface area contributed by atoms with Crippen molar-refractivity contribution in [3.8, 4) is 22.6 Å². The number of fused-ring (bicyclic) bond motifs is 8. The topological polar surface area (TPSA) is 74.8 Å². The zero-order valence-electron chi connectivity index (χ0n) is 27.5. The highest BCUT2D eigenvalue weighted by Crippen LogP contribution is 2.42. The summed E-state index contributed by atoms with van der Waals surface area (Å²) in [4.78, 5) is 13.2. The highest BCUT2D eigenvalue weighted by Gasteiger charge is 2.22.